The molecule has 9 heteroatoms. The minimum Gasteiger partial charge on any atom is -0.369 e. The van der Waals surface area contributed by atoms with Gasteiger partial charge >= 0.3 is 0 Å². The van der Waals surface area contributed by atoms with Crippen LogP contribution in [-0.4, -0.2) is 27.3 Å². The molecule has 0 aromatic heterocycles. The molecule has 7 nitrogen and oxygen atoms in total. The highest BCUT2D eigenvalue weighted by molar-refractivity contribution is 7.92. The Bertz CT molecular complexity index is 1180. The molecule has 2 amide bonds. The molecule has 0 bridgehead atoms. The first-order chi connectivity index (χ1) is 14.2. The standard InChI is InChI=1S/C22H26ClN3O4S/c1-21(2,19(24)27)22(3,4)20(28)25-18-14-8-6-7-9-16(14)26(5)31(29,30)17-12-13(23)10-11-15(17)18/h6-12,18H,1-5H3,(H2,24,27)(H,25,28). The van der Waals surface area contributed by atoms with Crippen LogP contribution in [-0.2, 0) is 19.6 Å². The summed E-state index contributed by atoms with van der Waals surface area (Å²) in [6.45, 7) is 6.51. The number of nitrogens with two attached hydrogens (primary N) is 1. The van der Waals surface area contributed by atoms with Gasteiger partial charge in [-0.15, -0.1) is 0 Å². The van der Waals surface area contributed by atoms with E-state index >= 15 is 0 Å². The smallest absolute Gasteiger partial charge is 0.264 e. The van der Waals surface area contributed by atoms with Gasteiger partial charge in [0.1, 0.15) is 0 Å². The highest BCUT2D eigenvalue weighted by Gasteiger charge is 2.48. The number of halogens is 1. The van der Waals surface area contributed by atoms with Crippen molar-refractivity contribution in [1.29, 1.82) is 0 Å². The third-order valence-electron chi connectivity index (χ3n) is 6.53. The molecule has 3 N–H and O–H groups in total. The molecule has 0 spiro atoms. The number of carbonyl (C=O) groups excluding carboxylic acids is 2. The topological polar surface area (TPSA) is 110 Å². The Morgan fingerprint density at radius 2 is 1.65 bits per heavy atom. The van der Waals surface area contributed by atoms with E-state index in [1.54, 1.807) is 64.1 Å². The molecule has 166 valence electrons. The summed E-state index contributed by atoms with van der Waals surface area (Å²) < 4.78 is 27.8. The Morgan fingerprint density at radius 3 is 2.26 bits per heavy atom. The molecule has 1 heterocycles. The first-order valence-corrected chi connectivity index (χ1v) is 11.5. The number of hydrogen-bond donors (Lipinski definition) is 2. The average Bonchev–Trinajstić information content (AvgIpc) is 2.76. The maximum absolute atomic E-state index is 13.4. The fraction of sp³-hybridized carbons (Fsp3) is 0.364. The molecule has 31 heavy (non-hydrogen) atoms. The number of amides is 2. The summed E-state index contributed by atoms with van der Waals surface area (Å²) in [5.74, 6) is -1.04. The van der Waals surface area contributed by atoms with Gasteiger partial charge in [0.2, 0.25) is 11.8 Å². The third-order valence-corrected chi connectivity index (χ3v) is 8.60. The molecule has 0 saturated carbocycles. The molecule has 2 aromatic carbocycles. The van der Waals surface area contributed by atoms with Crippen molar-refractivity contribution in [1.82, 2.24) is 5.32 Å². The quantitative estimate of drug-likeness (QED) is 0.725. The highest BCUT2D eigenvalue weighted by Crippen LogP contribution is 2.43. The zero-order valence-electron chi connectivity index (χ0n) is 18.1. The van der Waals surface area contributed by atoms with Crippen molar-refractivity contribution < 1.29 is 18.0 Å². The first-order valence-electron chi connectivity index (χ1n) is 9.71. The molecule has 1 unspecified atom stereocenters. The Hall–Kier alpha value is -2.58. The fourth-order valence-corrected chi connectivity index (χ4v) is 5.21. The number of anilines is 1. The minimum absolute atomic E-state index is 0.0102. The molecule has 0 fully saturated rings. The lowest BCUT2D eigenvalue weighted by molar-refractivity contribution is -0.145. The van der Waals surface area contributed by atoms with Gasteiger partial charge < -0.3 is 11.1 Å². The Morgan fingerprint density at radius 1 is 1.03 bits per heavy atom. The van der Waals surface area contributed by atoms with Gasteiger partial charge in [0.15, 0.2) is 0 Å². The van der Waals surface area contributed by atoms with Gasteiger partial charge in [0.05, 0.1) is 27.5 Å². The Kier molecular flexibility index (Phi) is 5.61. The second kappa shape index (κ2) is 7.53. The summed E-state index contributed by atoms with van der Waals surface area (Å²) in [5.41, 5.74) is 4.68. The number of nitrogens with zero attached hydrogens (tertiary/aromatic N) is 1. The summed E-state index contributed by atoms with van der Waals surface area (Å²) in [4.78, 5) is 25.5. The number of rotatable bonds is 4. The summed E-state index contributed by atoms with van der Waals surface area (Å²) in [6.07, 6.45) is 0. The van der Waals surface area contributed by atoms with Crippen molar-refractivity contribution in [2.45, 2.75) is 38.6 Å². The van der Waals surface area contributed by atoms with Crippen molar-refractivity contribution in [2.75, 3.05) is 11.4 Å². The zero-order valence-corrected chi connectivity index (χ0v) is 19.6. The number of primary amides is 1. The number of fused-ring (bicyclic) bond motifs is 2. The van der Waals surface area contributed by atoms with E-state index in [4.69, 9.17) is 17.3 Å². The van der Waals surface area contributed by atoms with Crippen LogP contribution >= 0.6 is 11.6 Å². The maximum atomic E-state index is 13.4. The first kappa shape index (κ1) is 23.1. The van der Waals surface area contributed by atoms with Gasteiger partial charge in [-0.2, -0.15) is 0 Å². The van der Waals surface area contributed by atoms with E-state index in [0.717, 1.165) is 0 Å². The van der Waals surface area contributed by atoms with E-state index in [2.05, 4.69) is 5.32 Å². The maximum Gasteiger partial charge on any atom is 0.264 e. The second-order valence-electron chi connectivity index (χ2n) is 8.73. The Labute approximate surface area is 187 Å². The molecule has 0 aliphatic carbocycles. The van der Waals surface area contributed by atoms with Crippen molar-refractivity contribution in [3.63, 3.8) is 0 Å². The molecule has 3 rings (SSSR count). The second-order valence-corrected chi connectivity index (χ2v) is 11.1. The molecular weight excluding hydrogens is 438 g/mol. The van der Waals surface area contributed by atoms with Crippen LogP contribution in [0.2, 0.25) is 5.02 Å². The van der Waals surface area contributed by atoms with E-state index in [0.29, 0.717) is 16.8 Å². The molecule has 1 aliphatic rings. The van der Waals surface area contributed by atoms with Crippen LogP contribution in [0.3, 0.4) is 0 Å². The van der Waals surface area contributed by atoms with Gasteiger partial charge in [0.25, 0.3) is 10.0 Å². The SMILES string of the molecule is CN1c2ccccc2C(NC(=O)C(C)(C)C(C)(C)C(N)=O)c2ccc(Cl)cc2S1(=O)=O. The number of carbonyl (C=O) groups is 2. The van der Waals surface area contributed by atoms with Gasteiger partial charge in [-0.05, 0) is 23.8 Å². The van der Waals surface area contributed by atoms with Crippen LogP contribution in [0.15, 0.2) is 47.4 Å². The summed E-state index contributed by atoms with van der Waals surface area (Å²) in [7, 11) is -2.45. The molecule has 1 atom stereocenters. The van der Waals surface area contributed by atoms with Crippen LogP contribution < -0.4 is 15.4 Å². The largest absolute Gasteiger partial charge is 0.369 e. The number of sulfonamides is 1. The van der Waals surface area contributed by atoms with Crippen LogP contribution in [0.25, 0.3) is 0 Å². The van der Waals surface area contributed by atoms with Gasteiger partial charge in [-0.25, -0.2) is 8.42 Å². The predicted octanol–water partition coefficient (Wildman–Crippen LogP) is 3.22. The summed E-state index contributed by atoms with van der Waals surface area (Å²) >= 11 is 6.12. The average molecular weight is 464 g/mol. The molecule has 0 saturated heterocycles. The van der Waals surface area contributed by atoms with Crippen LogP contribution in [0, 0.1) is 10.8 Å². The molecular formula is C22H26ClN3O4S. The Balaban J connectivity index is 2.22. The molecule has 1 aliphatic heterocycles. The number of benzene rings is 2. The van der Waals surface area contributed by atoms with Crippen molar-refractivity contribution in [2.24, 2.45) is 16.6 Å². The monoisotopic (exact) mass is 463 g/mol. The number of hydrogen-bond acceptors (Lipinski definition) is 4. The van der Waals surface area contributed by atoms with Gasteiger partial charge in [-0.3, -0.25) is 13.9 Å². The lowest BCUT2D eigenvalue weighted by Gasteiger charge is -2.38. The van der Waals surface area contributed by atoms with E-state index < -0.39 is 38.7 Å². The van der Waals surface area contributed by atoms with Crippen LogP contribution in [0.4, 0.5) is 5.69 Å². The summed E-state index contributed by atoms with van der Waals surface area (Å²) in [5, 5.41) is 3.24. The summed E-state index contributed by atoms with van der Waals surface area (Å²) in [6, 6.07) is 10.7. The minimum atomic E-state index is -3.92. The zero-order chi connectivity index (χ0) is 23.4. The molecule has 2 aromatic rings. The third kappa shape index (κ3) is 3.57. The van der Waals surface area contributed by atoms with Gasteiger partial charge in [-0.1, -0.05) is 63.6 Å². The fourth-order valence-electron chi connectivity index (χ4n) is 3.49. The lowest BCUT2D eigenvalue weighted by atomic mass is 9.66. The molecule has 0 radical (unpaired) electrons. The van der Waals surface area contributed by atoms with E-state index in [9.17, 15) is 18.0 Å². The number of nitrogens with one attached hydrogen (secondary N) is 1. The van der Waals surface area contributed by atoms with Gasteiger partial charge in [0, 0.05) is 17.6 Å². The van der Waals surface area contributed by atoms with Crippen molar-refractivity contribution in [3.05, 3.63) is 58.6 Å². The van der Waals surface area contributed by atoms with Crippen molar-refractivity contribution in [3.8, 4) is 0 Å². The normalized spacial score (nSPS) is 17.9. The lowest BCUT2D eigenvalue weighted by Crippen LogP contribution is -2.52. The van der Waals surface area contributed by atoms with E-state index in [1.165, 1.54) is 17.4 Å². The van der Waals surface area contributed by atoms with Crippen LogP contribution in [0.5, 0.6) is 0 Å². The predicted molar refractivity (Wildman–Crippen MR) is 120 cm³/mol. The van der Waals surface area contributed by atoms with E-state index in [-0.39, 0.29) is 9.92 Å². The van der Waals surface area contributed by atoms with E-state index in [1.807, 2.05) is 0 Å². The number of para-hydroxylation sites is 1. The highest BCUT2D eigenvalue weighted by atomic mass is 35.5. The van der Waals surface area contributed by atoms with Crippen LogP contribution in [0.1, 0.15) is 44.9 Å². The van der Waals surface area contributed by atoms with Crippen molar-refractivity contribution >= 4 is 39.1 Å².